The second-order valence-corrected chi connectivity index (χ2v) is 12.2. The Labute approximate surface area is 293 Å². The number of benzene rings is 1. The van der Waals surface area contributed by atoms with Crippen LogP contribution in [0.25, 0.3) is 16.3 Å². The maximum absolute atomic E-state index is 13.4. The topological polar surface area (TPSA) is 96.3 Å². The van der Waals surface area contributed by atoms with Crippen molar-refractivity contribution in [2.24, 2.45) is 0 Å². The molecule has 3 aromatic rings. The zero-order valence-corrected chi connectivity index (χ0v) is 29.9. The molecule has 1 aliphatic heterocycles. The van der Waals surface area contributed by atoms with E-state index in [1.54, 1.807) is 22.9 Å². The molecule has 0 spiro atoms. The minimum Gasteiger partial charge on any atom is -0.409 e. The second-order valence-electron chi connectivity index (χ2n) is 9.50. The number of hydrazine groups is 1. The molecule has 4 rings (SSSR count). The van der Waals surface area contributed by atoms with Crippen molar-refractivity contribution in [3.8, 4) is 28.1 Å². The number of hydrogen-bond acceptors (Lipinski definition) is 7. The fraction of sp³-hybridized carbons (Fsp3) is 0.400. The van der Waals surface area contributed by atoms with Gasteiger partial charge in [0.05, 0.1) is 26.2 Å². The Morgan fingerprint density at radius 1 is 1.12 bits per heavy atom. The van der Waals surface area contributed by atoms with Crippen molar-refractivity contribution in [1.82, 2.24) is 24.9 Å². The fourth-order valence-corrected chi connectivity index (χ4v) is 5.89. The molecule has 2 aromatic heterocycles. The van der Waals surface area contributed by atoms with Crippen molar-refractivity contribution in [2.45, 2.75) is 64.8 Å². The number of hydrogen-bond donors (Lipinski definition) is 2. The molecule has 0 bridgehead atoms. The monoisotopic (exact) mass is 671 g/mol. The average molecular weight is 673 g/mol. The van der Waals surface area contributed by atoms with E-state index in [4.69, 9.17) is 23.2 Å². The molecule has 1 aliphatic rings. The second kappa shape index (κ2) is 19.9. The Kier molecular flexibility index (Phi) is 17.5. The molecule has 0 radical (unpaired) electrons. The SMILES string of the molecule is CCCC#Cc1ccc(-c2c(CN[S-](=O)=O)c(C(=O)NN3CCCCC3)nn2-c2ccc(Cl)cc2Cl)s1.[CH2-]CCC[CH2-].[Na+]. The number of piperidine rings is 1. The van der Waals surface area contributed by atoms with E-state index < -0.39 is 16.8 Å². The van der Waals surface area contributed by atoms with Gasteiger partial charge >= 0.3 is 29.6 Å². The Balaban J connectivity index is 0.000000993. The Hall–Kier alpha value is -1.39. The zero-order chi connectivity index (χ0) is 30.5. The van der Waals surface area contributed by atoms with Crippen LogP contribution >= 0.6 is 34.5 Å². The molecule has 1 saturated heterocycles. The van der Waals surface area contributed by atoms with Crippen LogP contribution in [0.15, 0.2) is 30.3 Å². The molecule has 8 nitrogen and oxygen atoms in total. The number of aromatic nitrogens is 2. The van der Waals surface area contributed by atoms with Crippen LogP contribution in [0.3, 0.4) is 0 Å². The molecule has 228 valence electrons. The Bertz CT molecular complexity index is 1460. The molecular weight excluding hydrogens is 636 g/mol. The quantitative estimate of drug-likeness (QED) is 0.145. The summed E-state index contributed by atoms with van der Waals surface area (Å²) in [7, 11) is -2.54. The molecule has 1 aromatic carbocycles. The van der Waals surface area contributed by atoms with E-state index in [1.165, 1.54) is 17.8 Å². The minimum atomic E-state index is -2.54. The number of nitrogens with one attached hydrogen (secondary N) is 2. The number of carbonyl (C=O) groups excluding carboxylic acids is 1. The van der Waals surface area contributed by atoms with Crippen LogP contribution in [-0.2, 0) is 25.9 Å². The molecule has 1 fully saturated rings. The molecule has 0 aliphatic carbocycles. The van der Waals surface area contributed by atoms with Gasteiger partial charge in [-0.1, -0.05) is 48.4 Å². The van der Waals surface area contributed by atoms with E-state index in [0.29, 0.717) is 27.0 Å². The van der Waals surface area contributed by atoms with Gasteiger partial charge in [-0.15, -0.1) is 17.8 Å². The van der Waals surface area contributed by atoms with Gasteiger partial charge in [0, 0.05) is 36.6 Å². The van der Waals surface area contributed by atoms with Crippen molar-refractivity contribution in [3.05, 3.63) is 70.4 Å². The maximum atomic E-state index is 13.4. The maximum Gasteiger partial charge on any atom is 1.00 e. The number of unbranched alkanes of at least 4 members (excludes halogenated alkanes) is 3. The average Bonchev–Trinajstić information content (AvgIpc) is 3.58. The van der Waals surface area contributed by atoms with Crippen molar-refractivity contribution in [3.63, 3.8) is 0 Å². The first-order valence-electron chi connectivity index (χ1n) is 13.9. The summed E-state index contributed by atoms with van der Waals surface area (Å²) in [5.41, 5.74) is 4.54. The first-order chi connectivity index (χ1) is 20.3. The van der Waals surface area contributed by atoms with E-state index in [1.807, 2.05) is 17.1 Å². The van der Waals surface area contributed by atoms with Gasteiger partial charge in [-0.05, 0) is 60.5 Å². The summed E-state index contributed by atoms with van der Waals surface area (Å²) in [4.78, 5) is 15.1. The normalized spacial score (nSPS) is 13.0. The van der Waals surface area contributed by atoms with Crippen LogP contribution in [0.2, 0.25) is 10.0 Å². The van der Waals surface area contributed by atoms with E-state index in [2.05, 4.69) is 47.9 Å². The first-order valence-corrected chi connectivity index (χ1v) is 16.6. The molecule has 0 saturated carbocycles. The number of halogens is 2. The van der Waals surface area contributed by atoms with Crippen LogP contribution in [-0.4, -0.2) is 33.8 Å². The van der Waals surface area contributed by atoms with Crippen LogP contribution in [0, 0.1) is 25.7 Å². The molecule has 2 N–H and O–H groups in total. The van der Waals surface area contributed by atoms with Crippen LogP contribution < -0.4 is 39.7 Å². The smallest absolute Gasteiger partial charge is 0.409 e. The number of rotatable bonds is 10. The summed E-state index contributed by atoms with van der Waals surface area (Å²) in [5, 5.41) is 7.32. The van der Waals surface area contributed by atoms with Crippen LogP contribution in [0.1, 0.15) is 79.2 Å². The molecular formula is C30H36Cl2N5NaO3S2-2. The van der Waals surface area contributed by atoms with E-state index in [0.717, 1.165) is 67.8 Å². The van der Waals surface area contributed by atoms with Gasteiger partial charge < -0.3 is 27.0 Å². The number of thiophene rings is 1. The molecule has 43 heavy (non-hydrogen) atoms. The van der Waals surface area contributed by atoms with Crippen molar-refractivity contribution < 1.29 is 42.8 Å². The van der Waals surface area contributed by atoms with Gasteiger partial charge in [-0.3, -0.25) is 10.2 Å². The Morgan fingerprint density at radius 3 is 2.44 bits per heavy atom. The molecule has 0 atom stereocenters. The third kappa shape index (κ3) is 11.5. The summed E-state index contributed by atoms with van der Waals surface area (Å²) in [6.07, 6.45) is 8.07. The van der Waals surface area contributed by atoms with Crippen LogP contribution in [0.5, 0.6) is 0 Å². The van der Waals surface area contributed by atoms with Gasteiger partial charge in [-0.25, -0.2) is 9.69 Å². The molecule has 3 heterocycles. The Morgan fingerprint density at radius 2 is 1.84 bits per heavy atom. The number of amides is 1. The third-order valence-corrected chi connectivity index (χ3v) is 8.17. The van der Waals surface area contributed by atoms with E-state index in [-0.39, 0.29) is 41.8 Å². The molecule has 0 unspecified atom stereocenters. The first kappa shape index (κ1) is 37.8. The van der Waals surface area contributed by atoms with Crippen molar-refractivity contribution in [2.75, 3.05) is 13.1 Å². The fourth-order valence-electron chi connectivity index (χ4n) is 4.20. The van der Waals surface area contributed by atoms with Gasteiger partial charge in [0.2, 0.25) is 0 Å². The zero-order valence-electron chi connectivity index (χ0n) is 24.7. The van der Waals surface area contributed by atoms with Crippen molar-refractivity contribution >= 4 is 51.3 Å². The third-order valence-electron chi connectivity index (χ3n) is 6.24. The van der Waals surface area contributed by atoms with E-state index >= 15 is 0 Å². The van der Waals surface area contributed by atoms with Gasteiger partial charge in [0.1, 0.15) is 0 Å². The predicted molar refractivity (Wildman–Crippen MR) is 172 cm³/mol. The minimum absolute atomic E-state index is 0. The van der Waals surface area contributed by atoms with Crippen LogP contribution in [0.4, 0.5) is 0 Å². The number of carbonyl (C=O) groups is 1. The van der Waals surface area contributed by atoms with Gasteiger partial charge in [-0.2, -0.15) is 17.9 Å². The molecule has 1 amide bonds. The summed E-state index contributed by atoms with van der Waals surface area (Å²) in [6, 6.07) is 8.79. The summed E-state index contributed by atoms with van der Waals surface area (Å²) < 4.78 is 26.9. The predicted octanol–water partition coefficient (Wildman–Crippen LogP) is 4.33. The summed E-state index contributed by atoms with van der Waals surface area (Å²) in [5.74, 6) is 5.89. The van der Waals surface area contributed by atoms with E-state index in [9.17, 15) is 13.2 Å². The standard InChI is InChI=1S/C25H26Cl2N5O3S2.C5H10.Na/c1-2-3-5-8-18-10-12-22(36-18)24-19(16-28-37(34)35)23(25(33)30-31-13-6-4-7-14-31)29-32(24)21-11-9-17(26)15-20(21)27;1-3-5-4-2;/h9-12,15H,2-4,6-7,13-14,16H2,1H3,(H,30,33)(H,28,34,35);1-5H2;/q-1;-2;+1. The summed E-state index contributed by atoms with van der Waals surface area (Å²) >= 11 is 14.1. The van der Waals surface area contributed by atoms with Crippen molar-refractivity contribution in [1.29, 1.82) is 0 Å². The van der Waals surface area contributed by atoms with Gasteiger partial charge in [0.25, 0.3) is 5.91 Å². The number of nitrogens with zero attached hydrogens (tertiary/aromatic N) is 3. The van der Waals surface area contributed by atoms with Gasteiger partial charge in [0.15, 0.2) is 5.69 Å². The summed E-state index contributed by atoms with van der Waals surface area (Å²) in [6.45, 7) is 10.7. The largest absolute Gasteiger partial charge is 1.00 e. The molecule has 13 heteroatoms.